The predicted molar refractivity (Wildman–Crippen MR) is 61.5 cm³/mol. The van der Waals surface area contributed by atoms with E-state index in [1.165, 1.54) is 0 Å². The molecule has 2 aromatic heterocycles. The van der Waals surface area contributed by atoms with E-state index in [1.807, 2.05) is 29.5 Å². The Morgan fingerprint density at radius 2 is 2.11 bits per heavy atom. The first-order chi connectivity index (χ1) is 8.47. The second-order valence-electron chi connectivity index (χ2n) is 4.85. The second-order valence-corrected chi connectivity index (χ2v) is 4.85. The summed E-state index contributed by atoms with van der Waals surface area (Å²) in [7, 11) is 0. The smallest absolute Gasteiger partial charge is 0.301 e. The molecule has 0 saturated carbocycles. The van der Waals surface area contributed by atoms with Gasteiger partial charge in [0.1, 0.15) is 5.65 Å². The van der Waals surface area contributed by atoms with Gasteiger partial charge in [-0.05, 0) is 31.9 Å². The van der Waals surface area contributed by atoms with Crippen molar-refractivity contribution < 1.29 is 13.2 Å². The topological polar surface area (TPSA) is 17.3 Å². The standard InChI is InChI=1S/C13H13F3N2/c1-8-3-2-4-12-17-10-6-5-9(13(14,15)16)7-11(10)18(8)12/h2-4,9H,5-7H2,1H3. The van der Waals surface area contributed by atoms with Gasteiger partial charge in [-0.1, -0.05) is 6.07 Å². The van der Waals surface area contributed by atoms with E-state index >= 15 is 0 Å². The van der Waals surface area contributed by atoms with E-state index < -0.39 is 12.1 Å². The first-order valence-corrected chi connectivity index (χ1v) is 5.99. The molecule has 5 heteroatoms. The number of rotatable bonds is 0. The van der Waals surface area contributed by atoms with Gasteiger partial charge in [-0.3, -0.25) is 0 Å². The summed E-state index contributed by atoms with van der Waals surface area (Å²) in [5.74, 6) is -1.23. The molecule has 0 spiro atoms. The summed E-state index contributed by atoms with van der Waals surface area (Å²) >= 11 is 0. The lowest BCUT2D eigenvalue weighted by molar-refractivity contribution is -0.177. The third-order valence-electron chi connectivity index (χ3n) is 3.65. The minimum atomic E-state index is -4.11. The molecule has 1 aliphatic carbocycles. The van der Waals surface area contributed by atoms with E-state index in [-0.39, 0.29) is 12.8 Å². The van der Waals surface area contributed by atoms with Gasteiger partial charge in [-0.15, -0.1) is 0 Å². The molecule has 0 amide bonds. The Hall–Kier alpha value is -1.52. The fourth-order valence-electron chi connectivity index (χ4n) is 2.71. The highest BCUT2D eigenvalue weighted by Crippen LogP contribution is 2.37. The molecular weight excluding hydrogens is 241 g/mol. The SMILES string of the molecule is Cc1cccc2nc3c(n12)CC(C(F)(F)F)CC3. The molecule has 2 nitrogen and oxygen atoms in total. The van der Waals surface area contributed by atoms with Crippen molar-refractivity contribution >= 4 is 5.65 Å². The first kappa shape index (κ1) is 11.6. The van der Waals surface area contributed by atoms with E-state index in [4.69, 9.17) is 0 Å². The van der Waals surface area contributed by atoms with E-state index in [0.717, 1.165) is 22.7 Å². The molecule has 1 atom stereocenters. The van der Waals surface area contributed by atoms with Crippen molar-refractivity contribution in [2.75, 3.05) is 0 Å². The van der Waals surface area contributed by atoms with Gasteiger partial charge >= 0.3 is 6.18 Å². The lowest BCUT2D eigenvalue weighted by Gasteiger charge is -2.24. The number of hydrogen-bond donors (Lipinski definition) is 0. The van der Waals surface area contributed by atoms with Crippen LogP contribution in [0.2, 0.25) is 0 Å². The normalized spacial score (nSPS) is 20.1. The number of nitrogens with zero attached hydrogens (tertiary/aromatic N) is 2. The van der Waals surface area contributed by atoms with Crippen LogP contribution in [-0.2, 0) is 12.8 Å². The van der Waals surface area contributed by atoms with Crippen LogP contribution < -0.4 is 0 Å². The van der Waals surface area contributed by atoms with Crippen molar-refractivity contribution in [2.45, 2.75) is 32.4 Å². The van der Waals surface area contributed by atoms with Crippen molar-refractivity contribution in [2.24, 2.45) is 5.92 Å². The molecule has 2 heterocycles. The summed E-state index contributed by atoms with van der Waals surface area (Å²) < 4.78 is 40.3. The first-order valence-electron chi connectivity index (χ1n) is 5.99. The number of aromatic nitrogens is 2. The lowest BCUT2D eigenvalue weighted by Crippen LogP contribution is -2.29. The third kappa shape index (κ3) is 1.69. The van der Waals surface area contributed by atoms with Gasteiger partial charge < -0.3 is 4.40 Å². The molecule has 0 aromatic carbocycles. The monoisotopic (exact) mass is 254 g/mol. The summed E-state index contributed by atoms with van der Waals surface area (Å²) in [5.41, 5.74) is 3.24. The molecule has 0 radical (unpaired) electrons. The number of aryl methyl sites for hydroxylation is 2. The maximum atomic E-state index is 12.8. The number of alkyl halides is 3. The number of fused-ring (bicyclic) bond motifs is 3. The molecule has 3 rings (SSSR count). The average molecular weight is 254 g/mol. The van der Waals surface area contributed by atoms with Crippen LogP contribution in [0.4, 0.5) is 13.2 Å². The van der Waals surface area contributed by atoms with Gasteiger partial charge in [-0.2, -0.15) is 13.2 Å². The van der Waals surface area contributed by atoms with Gasteiger partial charge in [0.15, 0.2) is 0 Å². The van der Waals surface area contributed by atoms with E-state index in [0.29, 0.717) is 6.42 Å². The summed E-state index contributed by atoms with van der Waals surface area (Å²) in [5, 5.41) is 0. The quantitative estimate of drug-likeness (QED) is 0.705. The predicted octanol–water partition coefficient (Wildman–Crippen LogP) is 3.31. The molecule has 1 aliphatic rings. The summed E-state index contributed by atoms with van der Waals surface area (Å²) in [6, 6.07) is 5.62. The van der Waals surface area contributed by atoms with Crippen LogP contribution in [0.15, 0.2) is 18.2 Å². The van der Waals surface area contributed by atoms with Gasteiger partial charge in [-0.25, -0.2) is 4.98 Å². The van der Waals surface area contributed by atoms with Crippen molar-refractivity contribution in [3.05, 3.63) is 35.3 Å². The maximum absolute atomic E-state index is 12.8. The minimum absolute atomic E-state index is 0.0465. The molecule has 0 saturated heterocycles. The number of pyridine rings is 1. The molecule has 0 bridgehead atoms. The molecule has 96 valence electrons. The van der Waals surface area contributed by atoms with Crippen molar-refractivity contribution in [3.8, 4) is 0 Å². The van der Waals surface area contributed by atoms with Crippen LogP contribution in [0.5, 0.6) is 0 Å². The third-order valence-corrected chi connectivity index (χ3v) is 3.65. The van der Waals surface area contributed by atoms with Gasteiger partial charge in [0, 0.05) is 17.8 Å². The van der Waals surface area contributed by atoms with Crippen molar-refractivity contribution in [1.29, 1.82) is 0 Å². The van der Waals surface area contributed by atoms with Crippen molar-refractivity contribution in [1.82, 2.24) is 9.38 Å². The summed E-state index contributed by atoms with van der Waals surface area (Å²) in [4.78, 5) is 4.43. The molecule has 0 N–H and O–H groups in total. The molecule has 1 unspecified atom stereocenters. The molecule has 0 aliphatic heterocycles. The maximum Gasteiger partial charge on any atom is 0.392 e. The Kier molecular flexibility index (Phi) is 2.40. The highest BCUT2D eigenvalue weighted by molar-refractivity contribution is 5.46. The Balaban J connectivity index is 2.12. The van der Waals surface area contributed by atoms with E-state index in [9.17, 15) is 13.2 Å². The Labute approximate surface area is 102 Å². The summed E-state index contributed by atoms with van der Waals surface area (Å²) in [6.45, 7) is 1.90. The zero-order valence-electron chi connectivity index (χ0n) is 9.96. The van der Waals surface area contributed by atoms with Crippen LogP contribution in [0.25, 0.3) is 5.65 Å². The fourth-order valence-corrected chi connectivity index (χ4v) is 2.71. The zero-order chi connectivity index (χ0) is 12.9. The van der Waals surface area contributed by atoms with Crippen LogP contribution in [-0.4, -0.2) is 15.6 Å². The second kappa shape index (κ2) is 3.73. The average Bonchev–Trinajstić information content (AvgIpc) is 2.66. The van der Waals surface area contributed by atoms with Crippen molar-refractivity contribution in [3.63, 3.8) is 0 Å². The molecule has 0 fully saturated rings. The summed E-state index contributed by atoms with van der Waals surface area (Å²) in [6.07, 6.45) is -3.49. The Bertz CT molecular complexity index is 598. The molecule has 2 aromatic rings. The molecular formula is C13H13F3N2. The Morgan fingerprint density at radius 1 is 1.33 bits per heavy atom. The van der Waals surface area contributed by atoms with Gasteiger partial charge in [0.2, 0.25) is 0 Å². The van der Waals surface area contributed by atoms with Gasteiger partial charge in [0.05, 0.1) is 11.6 Å². The lowest BCUT2D eigenvalue weighted by atomic mass is 9.89. The molecule has 18 heavy (non-hydrogen) atoms. The highest BCUT2D eigenvalue weighted by Gasteiger charge is 2.42. The highest BCUT2D eigenvalue weighted by atomic mass is 19.4. The number of hydrogen-bond acceptors (Lipinski definition) is 1. The van der Waals surface area contributed by atoms with Crippen LogP contribution in [0.3, 0.4) is 0 Å². The van der Waals surface area contributed by atoms with Crippen LogP contribution >= 0.6 is 0 Å². The fraction of sp³-hybridized carbons (Fsp3) is 0.462. The zero-order valence-corrected chi connectivity index (χ0v) is 9.96. The van der Waals surface area contributed by atoms with Crippen LogP contribution in [0, 0.1) is 12.8 Å². The van der Waals surface area contributed by atoms with E-state index in [2.05, 4.69) is 4.98 Å². The Morgan fingerprint density at radius 3 is 2.83 bits per heavy atom. The minimum Gasteiger partial charge on any atom is -0.301 e. The number of imidazole rings is 1. The number of halogens is 3. The van der Waals surface area contributed by atoms with E-state index in [1.54, 1.807) is 0 Å². The van der Waals surface area contributed by atoms with Gasteiger partial charge in [0.25, 0.3) is 0 Å². The largest absolute Gasteiger partial charge is 0.392 e. The van der Waals surface area contributed by atoms with Crippen LogP contribution in [0.1, 0.15) is 23.5 Å².